The lowest BCUT2D eigenvalue weighted by Gasteiger charge is -2.12. The van der Waals surface area contributed by atoms with Crippen LogP contribution in [0.25, 0.3) is 21.9 Å². The number of fused-ring (bicyclic) bond motifs is 1. The topological polar surface area (TPSA) is 54.4 Å². The summed E-state index contributed by atoms with van der Waals surface area (Å²) < 4.78 is 5.28. The molecule has 26 heavy (non-hydrogen) atoms. The summed E-state index contributed by atoms with van der Waals surface area (Å²) in [5.74, 6) is 1.82. The van der Waals surface area contributed by atoms with Gasteiger partial charge in [-0.15, -0.1) is 0 Å². The monoisotopic (exact) mass is 342 g/mol. The molecule has 0 bridgehead atoms. The molecule has 0 spiro atoms. The Bertz CT molecular complexity index is 1080. The second-order valence-electron chi connectivity index (χ2n) is 5.97. The maximum absolute atomic E-state index is 9.81. The van der Waals surface area contributed by atoms with Gasteiger partial charge in [0.2, 0.25) is 0 Å². The first-order valence-corrected chi connectivity index (χ1v) is 8.33. The van der Waals surface area contributed by atoms with E-state index in [1.807, 2.05) is 60.7 Å². The van der Waals surface area contributed by atoms with Crippen molar-refractivity contribution in [1.29, 1.82) is 0 Å². The van der Waals surface area contributed by atoms with Crippen LogP contribution in [0.3, 0.4) is 0 Å². The SMILES string of the molecule is COc1cccc(Nc2nccc3c(-c4cccc(O)c4)cccc23)c1. The van der Waals surface area contributed by atoms with Gasteiger partial charge in [0.15, 0.2) is 0 Å². The summed E-state index contributed by atoms with van der Waals surface area (Å²) in [6.45, 7) is 0. The number of nitrogens with one attached hydrogen (secondary N) is 1. The lowest BCUT2D eigenvalue weighted by atomic mass is 9.99. The molecular weight excluding hydrogens is 324 g/mol. The first-order chi connectivity index (χ1) is 12.7. The lowest BCUT2D eigenvalue weighted by Crippen LogP contribution is -1.95. The van der Waals surface area contributed by atoms with Crippen molar-refractivity contribution in [3.8, 4) is 22.6 Å². The minimum atomic E-state index is 0.253. The number of phenols is 1. The number of nitrogens with zero attached hydrogens (tertiary/aromatic N) is 1. The first kappa shape index (κ1) is 16.0. The molecule has 1 aromatic heterocycles. The maximum atomic E-state index is 9.81. The molecule has 0 aliphatic heterocycles. The van der Waals surface area contributed by atoms with Gasteiger partial charge in [-0.1, -0.05) is 36.4 Å². The van der Waals surface area contributed by atoms with Crippen molar-refractivity contribution >= 4 is 22.3 Å². The highest BCUT2D eigenvalue weighted by molar-refractivity contribution is 6.02. The summed E-state index contributed by atoms with van der Waals surface area (Å²) >= 11 is 0. The number of pyridine rings is 1. The number of hydrogen-bond acceptors (Lipinski definition) is 4. The lowest BCUT2D eigenvalue weighted by molar-refractivity contribution is 0.415. The van der Waals surface area contributed by atoms with Gasteiger partial charge in [-0.3, -0.25) is 0 Å². The van der Waals surface area contributed by atoms with Crippen molar-refractivity contribution < 1.29 is 9.84 Å². The Morgan fingerprint density at radius 1 is 0.885 bits per heavy atom. The minimum absolute atomic E-state index is 0.253. The molecule has 128 valence electrons. The fourth-order valence-electron chi connectivity index (χ4n) is 3.07. The number of anilines is 2. The summed E-state index contributed by atoms with van der Waals surface area (Å²) in [4.78, 5) is 4.51. The fraction of sp³-hybridized carbons (Fsp3) is 0.0455. The number of rotatable bonds is 4. The molecule has 0 aliphatic rings. The molecule has 0 unspecified atom stereocenters. The van der Waals surface area contributed by atoms with E-state index in [0.717, 1.165) is 39.2 Å². The average molecular weight is 342 g/mol. The van der Waals surface area contributed by atoms with Crippen molar-refractivity contribution in [2.45, 2.75) is 0 Å². The van der Waals surface area contributed by atoms with E-state index in [4.69, 9.17) is 4.74 Å². The van der Waals surface area contributed by atoms with Crippen LogP contribution in [0.1, 0.15) is 0 Å². The van der Waals surface area contributed by atoms with Gasteiger partial charge in [0, 0.05) is 23.3 Å². The second kappa shape index (κ2) is 6.76. The molecule has 4 aromatic rings. The second-order valence-corrected chi connectivity index (χ2v) is 5.97. The number of aromatic hydroxyl groups is 1. The highest BCUT2D eigenvalue weighted by atomic mass is 16.5. The van der Waals surface area contributed by atoms with Crippen LogP contribution < -0.4 is 10.1 Å². The Hall–Kier alpha value is -3.53. The predicted molar refractivity (Wildman–Crippen MR) is 105 cm³/mol. The van der Waals surface area contributed by atoms with Crippen LogP contribution in [0.5, 0.6) is 11.5 Å². The molecule has 2 N–H and O–H groups in total. The average Bonchev–Trinajstić information content (AvgIpc) is 2.68. The highest BCUT2D eigenvalue weighted by Crippen LogP contribution is 2.33. The third-order valence-corrected chi connectivity index (χ3v) is 4.30. The van der Waals surface area contributed by atoms with E-state index < -0.39 is 0 Å². The van der Waals surface area contributed by atoms with E-state index >= 15 is 0 Å². The third kappa shape index (κ3) is 3.05. The van der Waals surface area contributed by atoms with Crippen LogP contribution in [0.15, 0.2) is 79.0 Å². The fourth-order valence-corrected chi connectivity index (χ4v) is 3.07. The third-order valence-electron chi connectivity index (χ3n) is 4.30. The summed E-state index contributed by atoms with van der Waals surface area (Å²) in [5, 5.41) is 15.3. The highest BCUT2D eigenvalue weighted by Gasteiger charge is 2.09. The molecular formula is C22H18N2O2. The predicted octanol–water partition coefficient (Wildman–Crippen LogP) is 5.36. The summed E-state index contributed by atoms with van der Waals surface area (Å²) in [6.07, 6.45) is 1.79. The van der Waals surface area contributed by atoms with Gasteiger partial charge in [0.1, 0.15) is 17.3 Å². The van der Waals surface area contributed by atoms with Gasteiger partial charge in [0.05, 0.1) is 7.11 Å². The van der Waals surface area contributed by atoms with Crippen molar-refractivity contribution in [2.24, 2.45) is 0 Å². The Morgan fingerprint density at radius 3 is 2.58 bits per heavy atom. The number of ether oxygens (including phenoxy) is 1. The van der Waals surface area contributed by atoms with Crippen molar-refractivity contribution in [1.82, 2.24) is 4.98 Å². The van der Waals surface area contributed by atoms with E-state index in [1.165, 1.54) is 0 Å². The molecule has 4 rings (SSSR count). The van der Waals surface area contributed by atoms with Crippen LogP contribution in [0, 0.1) is 0 Å². The minimum Gasteiger partial charge on any atom is -0.508 e. The summed E-state index contributed by atoms with van der Waals surface area (Å²) in [5.41, 5.74) is 2.93. The normalized spacial score (nSPS) is 10.7. The quantitative estimate of drug-likeness (QED) is 0.524. The van der Waals surface area contributed by atoms with E-state index in [9.17, 15) is 5.11 Å². The first-order valence-electron chi connectivity index (χ1n) is 8.33. The zero-order chi connectivity index (χ0) is 17.9. The van der Waals surface area contributed by atoms with Crippen LogP contribution in [-0.4, -0.2) is 17.2 Å². The molecule has 0 saturated carbocycles. The Morgan fingerprint density at radius 2 is 1.73 bits per heavy atom. The number of aromatic nitrogens is 1. The largest absolute Gasteiger partial charge is 0.508 e. The zero-order valence-electron chi connectivity index (χ0n) is 14.3. The van der Waals surface area contributed by atoms with Crippen molar-refractivity contribution in [2.75, 3.05) is 12.4 Å². The standard InChI is InChI=1S/C22H18N2O2/c1-26-18-8-3-6-16(14-18)24-22-21-10-4-9-19(20(21)11-12-23-22)15-5-2-7-17(25)13-15/h2-14,25H,1H3,(H,23,24). The Labute approximate surface area is 151 Å². The van der Waals surface area contributed by atoms with Gasteiger partial charge >= 0.3 is 0 Å². The molecule has 0 radical (unpaired) electrons. The molecule has 0 aliphatic carbocycles. The maximum Gasteiger partial charge on any atom is 0.138 e. The van der Waals surface area contributed by atoms with Crippen LogP contribution >= 0.6 is 0 Å². The summed E-state index contributed by atoms with van der Waals surface area (Å²) in [6, 6.07) is 23.1. The van der Waals surface area contributed by atoms with Gasteiger partial charge in [-0.05, 0) is 46.8 Å². The van der Waals surface area contributed by atoms with Crippen LogP contribution in [-0.2, 0) is 0 Å². The van der Waals surface area contributed by atoms with Gasteiger partial charge in [0.25, 0.3) is 0 Å². The molecule has 0 atom stereocenters. The van der Waals surface area contributed by atoms with Crippen LogP contribution in [0.4, 0.5) is 11.5 Å². The Balaban J connectivity index is 1.81. The van der Waals surface area contributed by atoms with Crippen LogP contribution in [0.2, 0.25) is 0 Å². The van der Waals surface area contributed by atoms with Crippen molar-refractivity contribution in [3.63, 3.8) is 0 Å². The molecule has 4 nitrogen and oxygen atoms in total. The molecule has 4 heteroatoms. The number of methoxy groups -OCH3 is 1. The van der Waals surface area contributed by atoms with E-state index in [-0.39, 0.29) is 5.75 Å². The van der Waals surface area contributed by atoms with E-state index in [2.05, 4.69) is 10.3 Å². The number of phenolic OH excluding ortho intramolecular Hbond substituents is 1. The molecule has 0 saturated heterocycles. The molecule has 0 fully saturated rings. The smallest absolute Gasteiger partial charge is 0.138 e. The van der Waals surface area contributed by atoms with Crippen molar-refractivity contribution in [3.05, 3.63) is 79.0 Å². The van der Waals surface area contributed by atoms with Gasteiger partial charge in [-0.2, -0.15) is 0 Å². The molecule has 3 aromatic carbocycles. The molecule has 1 heterocycles. The van der Waals surface area contributed by atoms with Gasteiger partial charge in [-0.25, -0.2) is 4.98 Å². The van der Waals surface area contributed by atoms with Gasteiger partial charge < -0.3 is 15.2 Å². The number of benzene rings is 3. The Kier molecular flexibility index (Phi) is 4.15. The summed E-state index contributed by atoms with van der Waals surface area (Å²) in [7, 11) is 1.65. The number of hydrogen-bond donors (Lipinski definition) is 2. The molecule has 0 amide bonds. The van der Waals surface area contributed by atoms with E-state index in [0.29, 0.717) is 0 Å². The van der Waals surface area contributed by atoms with E-state index in [1.54, 1.807) is 25.4 Å². The zero-order valence-corrected chi connectivity index (χ0v) is 14.3.